The monoisotopic (exact) mass is 396 g/mol. The van der Waals surface area contributed by atoms with Crippen molar-refractivity contribution in [2.45, 2.75) is 6.92 Å². The first-order valence-corrected chi connectivity index (χ1v) is 8.42. The summed E-state index contributed by atoms with van der Waals surface area (Å²) in [4.78, 5) is 21.5. The first-order valence-electron chi connectivity index (χ1n) is 7.63. The number of carbonyl (C=O) groups is 2. The second-order valence-electron chi connectivity index (χ2n) is 5.29. The topological polar surface area (TPSA) is 54.4 Å². The molecule has 3 aromatic rings. The summed E-state index contributed by atoms with van der Waals surface area (Å²) in [6.07, 6.45) is 0. The third-order valence-corrected chi connectivity index (χ3v) is 4.14. The first-order chi connectivity index (χ1) is 12.0. The molecule has 0 radical (unpaired) electrons. The van der Waals surface area contributed by atoms with Crippen LogP contribution in [-0.2, 0) is 0 Å². The molecule has 0 saturated heterocycles. The Labute approximate surface area is 155 Å². The molecule has 3 rings (SSSR count). The van der Waals surface area contributed by atoms with E-state index in [1.54, 1.807) is 13.0 Å². The highest BCUT2D eigenvalue weighted by Gasteiger charge is 2.08. The van der Waals surface area contributed by atoms with E-state index in [1.165, 1.54) is 0 Å². The van der Waals surface area contributed by atoms with E-state index in [0.717, 1.165) is 16.7 Å². The zero-order chi connectivity index (χ0) is 18.2. The molecule has 0 aliphatic rings. The maximum absolute atomic E-state index is 10.8. The van der Waals surface area contributed by atoms with Gasteiger partial charge in [-0.05, 0) is 46.1 Å². The van der Waals surface area contributed by atoms with E-state index in [0.29, 0.717) is 4.47 Å². The molecule has 4 heteroatoms. The quantitative estimate of drug-likeness (QED) is 0.577. The van der Waals surface area contributed by atoms with Gasteiger partial charge in [0.05, 0.1) is 5.56 Å². The van der Waals surface area contributed by atoms with E-state index in [-0.39, 0.29) is 11.3 Å². The number of rotatable bonds is 3. The van der Waals surface area contributed by atoms with Crippen molar-refractivity contribution in [3.8, 4) is 11.1 Å². The second-order valence-corrected chi connectivity index (χ2v) is 6.14. The van der Waals surface area contributed by atoms with Crippen molar-refractivity contribution in [3.05, 3.63) is 94.5 Å². The van der Waals surface area contributed by atoms with E-state index < -0.39 is 5.97 Å². The highest BCUT2D eigenvalue weighted by atomic mass is 79.9. The van der Waals surface area contributed by atoms with Crippen LogP contribution in [-0.4, -0.2) is 16.9 Å². The van der Waals surface area contributed by atoms with Gasteiger partial charge in [-0.3, -0.25) is 4.79 Å². The van der Waals surface area contributed by atoms with Gasteiger partial charge >= 0.3 is 5.97 Å². The molecule has 0 bridgehead atoms. The maximum Gasteiger partial charge on any atom is 0.336 e. The number of carbonyl (C=O) groups excluding carboxylic acids is 1. The van der Waals surface area contributed by atoms with Gasteiger partial charge in [0, 0.05) is 10.0 Å². The Bertz CT molecular complexity index is 859. The lowest BCUT2D eigenvalue weighted by molar-refractivity contribution is 0.0695. The minimum absolute atomic E-state index is 0.121. The van der Waals surface area contributed by atoms with Gasteiger partial charge in [-0.1, -0.05) is 66.7 Å². The summed E-state index contributed by atoms with van der Waals surface area (Å²) in [5.41, 5.74) is 3.12. The Balaban J connectivity index is 0.000000212. The molecule has 0 fully saturated rings. The van der Waals surface area contributed by atoms with Crippen molar-refractivity contribution < 1.29 is 14.7 Å². The maximum atomic E-state index is 10.8. The number of hydrogen-bond donors (Lipinski definition) is 1. The van der Waals surface area contributed by atoms with Crippen LogP contribution in [0.25, 0.3) is 11.1 Å². The normalized spacial score (nSPS) is 9.68. The van der Waals surface area contributed by atoms with Crippen LogP contribution in [0.3, 0.4) is 0 Å². The third-order valence-electron chi connectivity index (χ3n) is 3.49. The van der Waals surface area contributed by atoms with E-state index in [1.807, 2.05) is 72.8 Å². The number of aromatic carboxylic acids is 1. The van der Waals surface area contributed by atoms with Crippen LogP contribution in [0, 0.1) is 0 Å². The van der Waals surface area contributed by atoms with Crippen LogP contribution < -0.4 is 0 Å². The number of carboxylic acids is 1. The van der Waals surface area contributed by atoms with E-state index in [2.05, 4.69) is 15.9 Å². The van der Waals surface area contributed by atoms with E-state index in [4.69, 9.17) is 5.11 Å². The van der Waals surface area contributed by atoms with Crippen LogP contribution in [0.2, 0.25) is 0 Å². The van der Waals surface area contributed by atoms with Gasteiger partial charge in [0.25, 0.3) is 0 Å². The molecule has 0 heterocycles. The summed E-state index contributed by atoms with van der Waals surface area (Å²) in [6, 6.07) is 24.3. The molecule has 0 saturated carbocycles. The molecule has 3 aromatic carbocycles. The molecule has 0 aromatic heterocycles. The van der Waals surface area contributed by atoms with Crippen molar-refractivity contribution >= 4 is 27.7 Å². The third kappa shape index (κ3) is 5.40. The van der Waals surface area contributed by atoms with Crippen molar-refractivity contribution in [2.24, 2.45) is 0 Å². The molecule has 0 aliphatic heterocycles. The molecule has 0 unspecified atom stereocenters. The lowest BCUT2D eigenvalue weighted by atomic mass is 10.0. The SMILES string of the molecule is CC(=O)c1ccccc1.O=C(O)c1ccc(-c2ccccc2)cc1Br. The molecule has 25 heavy (non-hydrogen) atoms. The number of halogens is 1. The fourth-order valence-electron chi connectivity index (χ4n) is 2.17. The molecule has 1 N–H and O–H groups in total. The van der Waals surface area contributed by atoms with Crippen molar-refractivity contribution in [3.63, 3.8) is 0 Å². The second kappa shape index (κ2) is 8.94. The smallest absolute Gasteiger partial charge is 0.336 e. The molecule has 0 atom stereocenters. The van der Waals surface area contributed by atoms with Crippen LogP contribution in [0.5, 0.6) is 0 Å². The lowest BCUT2D eigenvalue weighted by Crippen LogP contribution is -1.97. The Morgan fingerprint density at radius 1 is 0.800 bits per heavy atom. The highest BCUT2D eigenvalue weighted by Crippen LogP contribution is 2.25. The zero-order valence-corrected chi connectivity index (χ0v) is 15.2. The number of hydrogen-bond acceptors (Lipinski definition) is 2. The van der Waals surface area contributed by atoms with Crippen LogP contribution >= 0.6 is 15.9 Å². The predicted molar refractivity (Wildman–Crippen MR) is 103 cm³/mol. The Kier molecular flexibility index (Phi) is 6.66. The van der Waals surface area contributed by atoms with Crippen molar-refractivity contribution in [2.75, 3.05) is 0 Å². The molecule has 0 spiro atoms. The fourth-order valence-corrected chi connectivity index (χ4v) is 2.72. The highest BCUT2D eigenvalue weighted by molar-refractivity contribution is 9.10. The van der Waals surface area contributed by atoms with Crippen molar-refractivity contribution in [1.29, 1.82) is 0 Å². The molecular weight excluding hydrogens is 380 g/mol. The van der Waals surface area contributed by atoms with E-state index >= 15 is 0 Å². The molecule has 126 valence electrons. The van der Waals surface area contributed by atoms with Crippen LogP contribution in [0.15, 0.2) is 83.3 Å². The standard InChI is InChI=1S/C13H9BrO2.C8H8O/c14-12-8-10(6-7-11(12)13(15)16)9-4-2-1-3-5-9;1-7(9)8-5-3-2-4-6-8/h1-8H,(H,15,16);2-6H,1H3. The number of Topliss-reactive ketones (excluding diaryl/α,β-unsaturated/α-hetero) is 1. The summed E-state index contributed by atoms with van der Waals surface area (Å²) in [5.74, 6) is -0.804. The van der Waals surface area contributed by atoms with E-state index in [9.17, 15) is 9.59 Å². The number of benzene rings is 3. The molecule has 0 aliphatic carbocycles. The summed E-state index contributed by atoms with van der Waals surface area (Å²) < 4.78 is 0.598. The number of ketones is 1. The van der Waals surface area contributed by atoms with Gasteiger partial charge in [-0.25, -0.2) is 4.79 Å². The Morgan fingerprint density at radius 2 is 1.36 bits per heavy atom. The summed E-state index contributed by atoms with van der Waals surface area (Å²) in [6.45, 7) is 1.56. The minimum atomic E-state index is -0.925. The van der Waals surface area contributed by atoms with Gasteiger partial charge in [-0.15, -0.1) is 0 Å². The molecule has 3 nitrogen and oxygen atoms in total. The van der Waals surface area contributed by atoms with Crippen molar-refractivity contribution in [1.82, 2.24) is 0 Å². The van der Waals surface area contributed by atoms with Gasteiger partial charge in [0.2, 0.25) is 0 Å². The van der Waals surface area contributed by atoms with Gasteiger partial charge in [-0.2, -0.15) is 0 Å². The molecular formula is C21H17BrO3. The van der Waals surface area contributed by atoms with Crippen LogP contribution in [0.1, 0.15) is 27.6 Å². The van der Waals surface area contributed by atoms with Gasteiger partial charge in [0.15, 0.2) is 5.78 Å². The fraction of sp³-hybridized carbons (Fsp3) is 0.0476. The largest absolute Gasteiger partial charge is 0.478 e. The summed E-state index contributed by atoms with van der Waals surface area (Å²) in [7, 11) is 0. The summed E-state index contributed by atoms with van der Waals surface area (Å²) in [5, 5.41) is 8.90. The lowest BCUT2D eigenvalue weighted by Gasteiger charge is -2.04. The first kappa shape index (κ1) is 18.6. The summed E-state index contributed by atoms with van der Waals surface area (Å²) >= 11 is 3.26. The predicted octanol–water partition coefficient (Wildman–Crippen LogP) is 5.70. The zero-order valence-electron chi connectivity index (χ0n) is 13.6. The van der Waals surface area contributed by atoms with Gasteiger partial charge in [0.1, 0.15) is 0 Å². The van der Waals surface area contributed by atoms with Crippen LogP contribution in [0.4, 0.5) is 0 Å². The average molecular weight is 397 g/mol. The number of carboxylic acid groups (broad SMARTS) is 1. The minimum Gasteiger partial charge on any atom is -0.478 e. The Morgan fingerprint density at radius 3 is 1.80 bits per heavy atom. The average Bonchev–Trinajstić information content (AvgIpc) is 2.63. The molecule has 0 amide bonds. The Hall–Kier alpha value is -2.72. The van der Waals surface area contributed by atoms with Gasteiger partial charge < -0.3 is 5.11 Å².